The van der Waals surface area contributed by atoms with Crippen LogP contribution < -0.4 is 15.4 Å². The van der Waals surface area contributed by atoms with Crippen LogP contribution in [0.25, 0.3) is 10.8 Å². The first-order valence-corrected chi connectivity index (χ1v) is 9.14. The number of rotatable bonds is 5. The SMILES string of the molecule is CC(C)(C)C(=O)Nc1cccc(NC(=O)COc2ccc3ccccc3c2)c1. The summed E-state index contributed by atoms with van der Waals surface area (Å²) in [6.07, 6.45) is 0. The summed E-state index contributed by atoms with van der Waals surface area (Å²) in [7, 11) is 0. The smallest absolute Gasteiger partial charge is 0.262 e. The molecule has 0 radical (unpaired) electrons. The summed E-state index contributed by atoms with van der Waals surface area (Å²) in [4.78, 5) is 24.3. The van der Waals surface area contributed by atoms with Crippen molar-refractivity contribution in [3.8, 4) is 5.75 Å². The number of hydrogen-bond donors (Lipinski definition) is 2. The lowest BCUT2D eigenvalue weighted by Gasteiger charge is -2.18. The predicted octanol–water partition coefficient (Wildman–Crippen LogP) is 4.84. The van der Waals surface area contributed by atoms with Crippen molar-refractivity contribution < 1.29 is 14.3 Å². The van der Waals surface area contributed by atoms with Crippen LogP contribution in [0.15, 0.2) is 66.7 Å². The molecule has 0 atom stereocenters. The average Bonchev–Trinajstić information content (AvgIpc) is 2.66. The summed E-state index contributed by atoms with van der Waals surface area (Å²) in [6.45, 7) is 5.44. The Bertz CT molecular complexity index is 1010. The molecule has 0 bridgehead atoms. The Kier molecular flexibility index (Phi) is 5.64. The zero-order chi connectivity index (χ0) is 20.1. The third kappa shape index (κ3) is 5.10. The molecule has 0 fully saturated rings. The van der Waals surface area contributed by atoms with Gasteiger partial charge in [-0.15, -0.1) is 0 Å². The molecule has 0 heterocycles. The van der Waals surface area contributed by atoms with Gasteiger partial charge in [-0.3, -0.25) is 9.59 Å². The van der Waals surface area contributed by atoms with Crippen molar-refractivity contribution in [3.63, 3.8) is 0 Å². The summed E-state index contributed by atoms with van der Waals surface area (Å²) in [5.41, 5.74) is 0.736. The first-order valence-electron chi connectivity index (χ1n) is 9.14. The summed E-state index contributed by atoms with van der Waals surface area (Å²) in [5, 5.41) is 7.81. The number of amides is 2. The molecule has 3 aromatic carbocycles. The molecule has 3 rings (SSSR count). The molecule has 5 heteroatoms. The Morgan fingerprint density at radius 3 is 2.21 bits per heavy atom. The van der Waals surface area contributed by atoms with Gasteiger partial charge in [0.25, 0.3) is 5.91 Å². The number of ether oxygens (including phenoxy) is 1. The van der Waals surface area contributed by atoms with Crippen molar-refractivity contribution in [1.82, 2.24) is 0 Å². The number of carbonyl (C=O) groups is 2. The number of nitrogens with one attached hydrogen (secondary N) is 2. The van der Waals surface area contributed by atoms with E-state index in [1.807, 2.05) is 63.2 Å². The van der Waals surface area contributed by atoms with Crippen molar-refractivity contribution >= 4 is 34.0 Å². The molecule has 0 aliphatic heterocycles. The molecule has 0 aromatic heterocycles. The molecular weight excluding hydrogens is 352 g/mol. The average molecular weight is 376 g/mol. The highest BCUT2D eigenvalue weighted by atomic mass is 16.5. The fourth-order valence-corrected chi connectivity index (χ4v) is 2.60. The maximum Gasteiger partial charge on any atom is 0.262 e. The first-order chi connectivity index (χ1) is 13.3. The van der Waals surface area contributed by atoms with Crippen LogP contribution in [0.4, 0.5) is 11.4 Å². The van der Waals surface area contributed by atoms with E-state index in [9.17, 15) is 9.59 Å². The van der Waals surface area contributed by atoms with Crippen LogP contribution in [-0.2, 0) is 9.59 Å². The lowest BCUT2D eigenvalue weighted by Crippen LogP contribution is -2.27. The van der Waals surface area contributed by atoms with Gasteiger partial charge >= 0.3 is 0 Å². The van der Waals surface area contributed by atoms with E-state index >= 15 is 0 Å². The van der Waals surface area contributed by atoms with E-state index in [-0.39, 0.29) is 18.4 Å². The molecule has 28 heavy (non-hydrogen) atoms. The van der Waals surface area contributed by atoms with Gasteiger partial charge in [-0.2, -0.15) is 0 Å². The van der Waals surface area contributed by atoms with Crippen molar-refractivity contribution in [2.24, 2.45) is 5.41 Å². The van der Waals surface area contributed by atoms with E-state index in [1.165, 1.54) is 0 Å². The number of carbonyl (C=O) groups excluding carboxylic acids is 2. The first kappa shape index (κ1) is 19.4. The van der Waals surface area contributed by atoms with Crippen LogP contribution in [0.2, 0.25) is 0 Å². The second-order valence-electron chi connectivity index (χ2n) is 7.63. The van der Waals surface area contributed by atoms with Crippen LogP contribution in [0.1, 0.15) is 20.8 Å². The van der Waals surface area contributed by atoms with Gasteiger partial charge in [-0.05, 0) is 41.1 Å². The summed E-state index contributed by atoms with van der Waals surface area (Å²) in [6, 6.07) is 20.7. The minimum atomic E-state index is -0.493. The quantitative estimate of drug-likeness (QED) is 0.669. The monoisotopic (exact) mass is 376 g/mol. The lowest BCUT2D eigenvalue weighted by atomic mass is 9.95. The van der Waals surface area contributed by atoms with E-state index in [4.69, 9.17) is 4.74 Å². The van der Waals surface area contributed by atoms with Gasteiger partial charge in [-0.25, -0.2) is 0 Å². The fraction of sp³-hybridized carbons (Fsp3) is 0.217. The summed E-state index contributed by atoms with van der Waals surface area (Å²) >= 11 is 0. The van der Waals surface area contributed by atoms with Gasteiger partial charge in [0.05, 0.1) is 0 Å². The van der Waals surface area contributed by atoms with Gasteiger partial charge < -0.3 is 15.4 Å². The molecule has 2 amide bonds. The lowest BCUT2D eigenvalue weighted by molar-refractivity contribution is -0.123. The minimum absolute atomic E-state index is 0.0874. The third-order valence-corrected chi connectivity index (χ3v) is 4.18. The molecule has 0 aliphatic carbocycles. The van der Waals surface area contributed by atoms with Crippen molar-refractivity contribution in [2.75, 3.05) is 17.2 Å². The molecule has 3 aromatic rings. The van der Waals surface area contributed by atoms with E-state index in [1.54, 1.807) is 24.3 Å². The fourth-order valence-electron chi connectivity index (χ4n) is 2.60. The number of anilines is 2. The molecule has 0 saturated carbocycles. The largest absolute Gasteiger partial charge is 0.484 e. The van der Waals surface area contributed by atoms with Gasteiger partial charge in [0.1, 0.15) is 5.75 Å². The van der Waals surface area contributed by atoms with E-state index in [0.717, 1.165) is 10.8 Å². The molecule has 144 valence electrons. The molecule has 5 nitrogen and oxygen atoms in total. The Balaban J connectivity index is 1.58. The standard InChI is InChI=1S/C23H24N2O3/c1-23(2,3)22(27)25-19-10-6-9-18(14-19)24-21(26)15-28-20-12-11-16-7-4-5-8-17(16)13-20/h4-14H,15H2,1-3H3,(H,24,26)(H,25,27). The van der Waals surface area contributed by atoms with Gasteiger partial charge in [0, 0.05) is 16.8 Å². The topological polar surface area (TPSA) is 67.4 Å². The van der Waals surface area contributed by atoms with E-state index < -0.39 is 5.41 Å². The van der Waals surface area contributed by atoms with E-state index in [2.05, 4.69) is 10.6 Å². The highest BCUT2D eigenvalue weighted by Crippen LogP contribution is 2.21. The van der Waals surface area contributed by atoms with E-state index in [0.29, 0.717) is 17.1 Å². The third-order valence-electron chi connectivity index (χ3n) is 4.18. The van der Waals surface area contributed by atoms with Crippen LogP contribution in [0, 0.1) is 5.41 Å². The second kappa shape index (κ2) is 8.13. The Morgan fingerprint density at radius 1 is 0.821 bits per heavy atom. The van der Waals surface area contributed by atoms with Crippen molar-refractivity contribution in [3.05, 3.63) is 66.7 Å². The highest BCUT2D eigenvalue weighted by Gasteiger charge is 2.21. The zero-order valence-electron chi connectivity index (χ0n) is 16.3. The number of fused-ring (bicyclic) bond motifs is 1. The molecule has 0 saturated heterocycles. The highest BCUT2D eigenvalue weighted by molar-refractivity contribution is 5.96. The molecule has 0 aliphatic rings. The van der Waals surface area contributed by atoms with Crippen LogP contribution >= 0.6 is 0 Å². The van der Waals surface area contributed by atoms with Crippen LogP contribution in [-0.4, -0.2) is 18.4 Å². The number of hydrogen-bond acceptors (Lipinski definition) is 3. The molecule has 0 unspecified atom stereocenters. The maximum atomic E-state index is 12.2. The second-order valence-corrected chi connectivity index (χ2v) is 7.63. The van der Waals surface area contributed by atoms with Gasteiger partial charge in [-0.1, -0.05) is 57.2 Å². The Hall–Kier alpha value is -3.34. The van der Waals surface area contributed by atoms with Crippen LogP contribution in [0.5, 0.6) is 5.75 Å². The van der Waals surface area contributed by atoms with Gasteiger partial charge in [0.15, 0.2) is 6.61 Å². The summed E-state index contributed by atoms with van der Waals surface area (Å²) < 4.78 is 5.61. The normalized spacial score (nSPS) is 11.1. The molecular formula is C23H24N2O3. The van der Waals surface area contributed by atoms with Gasteiger partial charge in [0.2, 0.25) is 5.91 Å². The minimum Gasteiger partial charge on any atom is -0.484 e. The predicted molar refractivity (Wildman–Crippen MR) is 113 cm³/mol. The number of benzene rings is 3. The van der Waals surface area contributed by atoms with Crippen LogP contribution in [0.3, 0.4) is 0 Å². The molecule has 0 spiro atoms. The Morgan fingerprint density at radius 2 is 1.50 bits per heavy atom. The van der Waals surface area contributed by atoms with Crippen molar-refractivity contribution in [2.45, 2.75) is 20.8 Å². The summed E-state index contributed by atoms with van der Waals surface area (Å²) in [5.74, 6) is 0.281. The zero-order valence-corrected chi connectivity index (χ0v) is 16.3. The maximum absolute atomic E-state index is 12.2. The molecule has 2 N–H and O–H groups in total. The van der Waals surface area contributed by atoms with Crippen molar-refractivity contribution in [1.29, 1.82) is 0 Å². The Labute approximate surface area is 164 Å².